The molecular formula is C24H23N3O3S. The summed E-state index contributed by atoms with van der Waals surface area (Å²) in [4.78, 5) is 30.1. The molecule has 4 rings (SSSR count). The summed E-state index contributed by atoms with van der Waals surface area (Å²) in [5.74, 6) is -0.833. The Morgan fingerprint density at radius 3 is 2.65 bits per heavy atom. The van der Waals surface area contributed by atoms with Crippen molar-refractivity contribution in [2.24, 2.45) is 0 Å². The first-order chi connectivity index (χ1) is 15.0. The van der Waals surface area contributed by atoms with Gasteiger partial charge in [-0.25, -0.2) is 9.78 Å². The summed E-state index contributed by atoms with van der Waals surface area (Å²) < 4.78 is 7.07. The van der Waals surface area contributed by atoms with Crippen LogP contribution in [0.25, 0.3) is 16.8 Å². The number of thiophene rings is 1. The van der Waals surface area contributed by atoms with Crippen molar-refractivity contribution in [3.63, 3.8) is 0 Å². The van der Waals surface area contributed by atoms with E-state index in [0.29, 0.717) is 16.2 Å². The number of benzene rings is 1. The van der Waals surface area contributed by atoms with Crippen LogP contribution in [0.4, 0.5) is 5.00 Å². The molecular weight excluding hydrogens is 410 g/mol. The molecule has 0 unspecified atom stereocenters. The van der Waals surface area contributed by atoms with Crippen LogP contribution in [-0.4, -0.2) is 27.9 Å². The molecule has 31 heavy (non-hydrogen) atoms. The van der Waals surface area contributed by atoms with Gasteiger partial charge in [-0.05, 0) is 49.1 Å². The van der Waals surface area contributed by atoms with Gasteiger partial charge in [0.2, 0.25) is 0 Å². The maximum absolute atomic E-state index is 12.9. The number of rotatable bonds is 6. The molecule has 0 aliphatic rings. The van der Waals surface area contributed by atoms with Gasteiger partial charge in [-0.1, -0.05) is 31.2 Å². The van der Waals surface area contributed by atoms with Gasteiger partial charge >= 0.3 is 5.97 Å². The SMILES string of the molecule is CCOC(=O)c1c(-c2ccc(CC)cc2)csc1NC(=O)c1cn2ccc(C)cc2n1. The Morgan fingerprint density at radius 2 is 1.94 bits per heavy atom. The molecule has 0 fully saturated rings. The van der Waals surface area contributed by atoms with E-state index >= 15 is 0 Å². The average Bonchev–Trinajstić information content (AvgIpc) is 3.38. The van der Waals surface area contributed by atoms with Gasteiger partial charge in [0.25, 0.3) is 5.91 Å². The molecule has 4 aromatic rings. The second-order valence-corrected chi connectivity index (χ2v) is 8.05. The largest absolute Gasteiger partial charge is 0.462 e. The highest BCUT2D eigenvalue weighted by Crippen LogP contribution is 2.36. The molecule has 0 saturated heterocycles. The van der Waals surface area contributed by atoms with Crippen LogP contribution in [0.3, 0.4) is 0 Å². The predicted molar refractivity (Wildman–Crippen MR) is 123 cm³/mol. The van der Waals surface area contributed by atoms with Crippen molar-refractivity contribution in [3.05, 3.63) is 76.6 Å². The smallest absolute Gasteiger partial charge is 0.341 e. The summed E-state index contributed by atoms with van der Waals surface area (Å²) in [6.07, 6.45) is 4.47. The van der Waals surface area contributed by atoms with Crippen molar-refractivity contribution in [1.82, 2.24) is 9.38 Å². The standard InChI is InChI=1S/C24H23N3O3S/c1-4-16-6-8-17(9-7-16)18-14-31-23(21(18)24(29)30-5-2)26-22(28)19-13-27-11-10-15(3)12-20(27)25-19/h6-14H,4-5H2,1-3H3,(H,26,28). The number of hydrogen-bond donors (Lipinski definition) is 1. The third kappa shape index (κ3) is 4.22. The van der Waals surface area contributed by atoms with E-state index < -0.39 is 5.97 Å². The van der Waals surface area contributed by atoms with Crippen LogP contribution in [0.2, 0.25) is 0 Å². The van der Waals surface area contributed by atoms with Crippen molar-refractivity contribution in [2.75, 3.05) is 11.9 Å². The number of imidazole rings is 1. The zero-order valence-electron chi connectivity index (χ0n) is 17.6. The Hall–Kier alpha value is -3.45. The Bertz CT molecular complexity index is 1260. The van der Waals surface area contributed by atoms with E-state index in [0.717, 1.165) is 23.1 Å². The lowest BCUT2D eigenvalue weighted by molar-refractivity contribution is 0.0529. The van der Waals surface area contributed by atoms with Crippen LogP contribution in [0.15, 0.2) is 54.2 Å². The molecule has 0 aliphatic heterocycles. The number of ether oxygens (including phenoxy) is 1. The molecule has 1 aromatic carbocycles. The molecule has 1 amide bonds. The highest BCUT2D eigenvalue weighted by Gasteiger charge is 2.24. The van der Waals surface area contributed by atoms with Crippen molar-refractivity contribution in [1.29, 1.82) is 0 Å². The normalized spacial score (nSPS) is 10.9. The Labute approximate surface area is 184 Å². The molecule has 3 aromatic heterocycles. The molecule has 0 saturated carbocycles. The van der Waals surface area contributed by atoms with E-state index in [1.54, 1.807) is 17.5 Å². The number of aryl methyl sites for hydroxylation is 2. The number of carbonyl (C=O) groups excluding carboxylic acids is 2. The summed E-state index contributed by atoms with van der Waals surface area (Å²) >= 11 is 1.30. The second kappa shape index (κ2) is 8.73. The van der Waals surface area contributed by atoms with Gasteiger partial charge in [0.05, 0.1) is 6.61 Å². The van der Waals surface area contributed by atoms with Crippen molar-refractivity contribution in [2.45, 2.75) is 27.2 Å². The fourth-order valence-electron chi connectivity index (χ4n) is 3.35. The molecule has 0 spiro atoms. The molecule has 0 aliphatic carbocycles. The van der Waals surface area contributed by atoms with E-state index in [2.05, 4.69) is 17.2 Å². The molecule has 7 heteroatoms. The molecule has 0 atom stereocenters. The summed E-state index contributed by atoms with van der Waals surface area (Å²) in [5.41, 5.74) is 5.26. The van der Waals surface area contributed by atoms with E-state index in [9.17, 15) is 9.59 Å². The zero-order valence-corrected chi connectivity index (χ0v) is 18.5. The molecule has 6 nitrogen and oxygen atoms in total. The van der Waals surface area contributed by atoms with Crippen molar-refractivity contribution in [3.8, 4) is 11.1 Å². The Kier molecular flexibility index (Phi) is 5.86. The van der Waals surface area contributed by atoms with Gasteiger partial charge in [0.1, 0.15) is 21.9 Å². The Balaban J connectivity index is 1.68. The van der Waals surface area contributed by atoms with Crippen LogP contribution in [-0.2, 0) is 11.2 Å². The number of hydrogen-bond acceptors (Lipinski definition) is 5. The fourth-order valence-corrected chi connectivity index (χ4v) is 4.30. The van der Waals surface area contributed by atoms with E-state index in [-0.39, 0.29) is 18.2 Å². The number of anilines is 1. The number of fused-ring (bicyclic) bond motifs is 1. The maximum atomic E-state index is 12.9. The lowest BCUT2D eigenvalue weighted by Gasteiger charge is -2.08. The number of esters is 1. The molecule has 1 N–H and O–H groups in total. The molecule has 0 radical (unpaired) electrons. The fraction of sp³-hybridized carbons (Fsp3) is 0.208. The molecule has 0 bridgehead atoms. The minimum Gasteiger partial charge on any atom is -0.462 e. The lowest BCUT2D eigenvalue weighted by atomic mass is 10.0. The monoisotopic (exact) mass is 433 g/mol. The zero-order chi connectivity index (χ0) is 22.0. The van der Waals surface area contributed by atoms with Crippen LogP contribution in [0.5, 0.6) is 0 Å². The van der Waals surface area contributed by atoms with Crippen LogP contribution in [0.1, 0.15) is 45.8 Å². The average molecular weight is 434 g/mol. The van der Waals surface area contributed by atoms with E-state index in [1.807, 2.05) is 54.9 Å². The van der Waals surface area contributed by atoms with Gasteiger partial charge in [-0.2, -0.15) is 0 Å². The van der Waals surface area contributed by atoms with Crippen LogP contribution < -0.4 is 5.32 Å². The number of nitrogens with one attached hydrogen (secondary N) is 1. The third-order valence-electron chi connectivity index (χ3n) is 5.02. The van der Waals surface area contributed by atoms with Gasteiger partial charge in [0.15, 0.2) is 0 Å². The van der Waals surface area contributed by atoms with E-state index in [1.165, 1.54) is 16.9 Å². The van der Waals surface area contributed by atoms with Gasteiger partial charge in [-0.15, -0.1) is 11.3 Å². The molecule has 158 valence electrons. The summed E-state index contributed by atoms with van der Waals surface area (Å²) in [6.45, 7) is 6.08. The van der Waals surface area contributed by atoms with Gasteiger partial charge in [0, 0.05) is 23.3 Å². The number of amides is 1. The van der Waals surface area contributed by atoms with Crippen LogP contribution >= 0.6 is 11.3 Å². The summed E-state index contributed by atoms with van der Waals surface area (Å²) in [5, 5.41) is 5.18. The highest BCUT2D eigenvalue weighted by molar-refractivity contribution is 7.15. The lowest BCUT2D eigenvalue weighted by Crippen LogP contribution is -2.15. The maximum Gasteiger partial charge on any atom is 0.341 e. The number of carbonyl (C=O) groups is 2. The van der Waals surface area contributed by atoms with E-state index in [4.69, 9.17) is 4.74 Å². The van der Waals surface area contributed by atoms with Gasteiger partial charge < -0.3 is 14.5 Å². The second-order valence-electron chi connectivity index (χ2n) is 7.17. The first-order valence-corrected chi connectivity index (χ1v) is 11.0. The first-order valence-electron chi connectivity index (χ1n) is 10.1. The highest BCUT2D eigenvalue weighted by atomic mass is 32.1. The molecule has 3 heterocycles. The first kappa shape index (κ1) is 20.8. The number of nitrogens with zero attached hydrogens (tertiary/aromatic N) is 2. The summed E-state index contributed by atoms with van der Waals surface area (Å²) in [7, 11) is 0. The Morgan fingerprint density at radius 1 is 1.16 bits per heavy atom. The predicted octanol–water partition coefficient (Wildman–Crippen LogP) is 5.36. The summed E-state index contributed by atoms with van der Waals surface area (Å²) in [6, 6.07) is 11.9. The third-order valence-corrected chi connectivity index (χ3v) is 5.91. The van der Waals surface area contributed by atoms with Crippen LogP contribution in [0, 0.1) is 6.92 Å². The van der Waals surface area contributed by atoms with Crippen molar-refractivity contribution < 1.29 is 14.3 Å². The number of pyridine rings is 1. The minimum atomic E-state index is -0.459. The topological polar surface area (TPSA) is 72.7 Å². The quantitative estimate of drug-likeness (QED) is 0.415. The van der Waals surface area contributed by atoms with Crippen molar-refractivity contribution >= 4 is 33.9 Å². The number of aromatic nitrogens is 2. The van der Waals surface area contributed by atoms with Gasteiger partial charge in [-0.3, -0.25) is 4.79 Å². The minimum absolute atomic E-state index is 0.252.